The maximum atomic E-state index is 13.4. The van der Waals surface area contributed by atoms with Gasteiger partial charge < -0.3 is 15.3 Å². The highest BCUT2D eigenvalue weighted by atomic mass is 32.2. The first-order chi connectivity index (χ1) is 16.9. The Bertz CT molecular complexity index is 1130. The average Bonchev–Trinajstić information content (AvgIpc) is 2.80. The van der Waals surface area contributed by atoms with Gasteiger partial charge in [-0.3, -0.25) is 0 Å². The first kappa shape index (κ1) is 27.3. The molecule has 36 heavy (non-hydrogen) atoms. The van der Waals surface area contributed by atoms with Gasteiger partial charge in [-0.1, -0.05) is 42.9 Å². The molecule has 1 unspecified atom stereocenters. The minimum atomic E-state index is -4.80. The third-order valence-corrected chi connectivity index (χ3v) is 9.84. The number of nitrogens with zero attached hydrogens (tertiary/aromatic N) is 2. The van der Waals surface area contributed by atoms with E-state index in [9.17, 15) is 26.7 Å². The van der Waals surface area contributed by atoms with Gasteiger partial charge in [0, 0.05) is 43.2 Å². The maximum Gasteiger partial charge on any atom is 0.421 e. The molecule has 2 N–H and O–H groups in total. The zero-order valence-electron chi connectivity index (χ0n) is 20.2. The van der Waals surface area contributed by atoms with Gasteiger partial charge in [0.1, 0.15) is 0 Å². The molecule has 1 saturated heterocycles. The summed E-state index contributed by atoms with van der Waals surface area (Å²) in [7, 11) is -3.76. The highest BCUT2D eigenvalue weighted by molar-refractivity contribution is 7.96. The number of rotatable bonds is 8. The van der Waals surface area contributed by atoms with Gasteiger partial charge in [-0.05, 0) is 56.0 Å². The van der Waals surface area contributed by atoms with Crippen LogP contribution in [0.15, 0.2) is 47.4 Å². The summed E-state index contributed by atoms with van der Waals surface area (Å²) in [5, 5.41) is 13.5. The molecule has 0 radical (unpaired) electrons. The number of nitrogens with one attached hydrogen (secondary N) is 1. The summed E-state index contributed by atoms with van der Waals surface area (Å²) in [5.41, 5.74) is -2.52. The van der Waals surface area contributed by atoms with Crippen LogP contribution in [-0.4, -0.2) is 67.6 Å². The quantitative estimate of drug-likeness (QED) is 0.485. The molecule has 2 aliphatic carbocycles. The van der Waals surface area contributed by atoms with Crippen LogP contribution < -0.4 is 10.2 Å². The second-order valence-corrected chi connectivity index (χ2v) is 12.3. The van der Waals surface area contributed by atoms with Crippen molar-refractivity contribution in [2.45, 2.75) is 50.4 Å². The Labute approximate surface area is 215 Å². The summed E-state index contributed by atoms with van der Waals surface area (Å²) in [5.74, 6) is 0.627. The molecule has 4 rings (SSSR count). The Morgan fingerprint density at radius 1 is 1.14 bits per heavy atom. The molecule has 1 aliphatic heterocycles. The predicted octanol–water partition coefficient (Wildman–Crippen LogP) is 3.88. The van der Waals surface area contributed by atoms with E-state index < -0.39 is 21.8 Å². The van der Waals surface area contributed by atoms with E-state index in [1.807, 2.05) is 11.0 Å². The van der Waals surface area contributed by atoms with E-state index in [4.69, 9.17) is 12.2 Å². The fraction of sp³-hybridized carbons (Fsp3) is 0.560. The molecular weight excluding hydrogens is 511 g/mol. The van der Waals surface area contributed by atoms with E-state index in [-0.39, 0.29) is 29.6 Å². The summed E-state index contributed by atoms with van der Waals surface area (Å²) in [6.45, 7) is 2.95. The van der Waals surface area contributed by atoms with Gasteiger partial charge in [-0.2, -0.15) is 17.5 Å². The Morgan fingerprint density at radius 2 is 1.83 bits per heavy atom. The Morgan fingerprint density at radius 3 is 2.42 bits per heavy atom. The first-order valence-corrected chi connectivity index (χ1v) is 14.0. The van der Waals surface area contributed by atoms with Crippen molar-refractivity contribution in [2.75, 3.05) is 37.6 Å². The smallest absolute Gasteiger partial charge is 0.376 e. The second-order valence-electron chi connectivity index (χ2n) is 9.87. The Balaban J connectivity index is 1.54. The highest BCUT2D eigenvalue weighted by Gasteiger charge is 2.51. The average molecular weight is 544 g/mol. The minimum absolute atomic E-state index is 0.161. The third-order valence-electron chi connectivity index (χ3n) is 7.38. The summed E-state index contributed by atoms with van der Waals surface area (Å²) < 4.78 is 68.0. The Hall–Kier alpha value is -1.79. The SMILES string of the molecule is CC(O)(c1ccc(N2CCN(S(=O)(=O)C3=CC=CCC3=S)C[C@@H]2CNCC2CCC2)cc1)C(F)(F)F. The van der Waals surface area contributed by atoms with Gasteiger partial charge in [0.15, 0.2) is 5.60 Å². The van der Waals surface area contributed by atoms with Crippen molar-refractivity contribution in [3.63, 3.8) is 0 Å². The van der Waals surface area contributed by atoms with Crippen molar-refractivity contribution in [3.05, 3.63) is 53.0 Å². The van der Waals surface area contributed by atoms with Gasteiger partial charge in [0.25, 0.3) is 0 Å². The molecule has 1 aromatic rings. The largest absolute Gasteiger partial charge is 0.421 e. The standard InChI is InChI=1S/C25H32F3N3O3S2/c1-24(32,25(26,27)28)19-9-11-20(12-10-19)31-14-13-30(17-21(31)16-29-15-18-5-4-6-18)36(33,34)23-8-3-2-7-22(23)35/h2-3,8-12,18,21,29,32H,4-7,13-17H2,1H3/t21-,24?/m0/s1. The molecule has 11 heteroatoms. The molecule has 198 valence electrons. The fourth-order valence-electron chi connectivity index (χ4n) is 4.74. The van der Waals surface area contributed by atoms with Crippen LogP contribution in [0.4, 0.5) is 18.9 Å². The number of aliphatic hydroxyl groups is 1. The van der Waals surface area contributed by atoms with Crippen molar-refractivity contribution < 1.29 is 26.7 Å². The van der Waals surface area contributed by atoms with Crippen LogP contribution in [0.5, 0.6) is 0 Å². The normalized spacial score (nSPS) is 23.8. The van der Waals surface area contributed by atoms with Crippen LogP contribution in [0, 0.1) is 5.92 Å². The number of alkyl halides is 3. The lowest BCUT2D eigenvalue weighted by Gasteiger charge is -2.43. The third kappa shape index (κ3) is 5.55. The first-order valence-electron chi connectivity index (χ1n) is 12.2. The zero-order chi connectivity index (χ0) is 26.1. The molecule has 3 aliphatic rings. The number of hydrogen-bond acceptors (Lipinski definition) is 6. The van der Waals surface area contributed by atoms with Crippen LogP contribution in [0.3, 0.4) is 0 Å². The van der Waals surface area contributed by atoms with Gasteiger partial charge in [-0.25, -0.2) is 8.42 Å². The lowest BCUT2D eigenvalue weighted by Crippen LogP contribution is -2.58. The molecule has 0 spiro atoms. The van der Waals surface area contributed by atoms with Gasteiger partial charge in [-0.15, -0.1) is 0 Å². The number of sulfonamides is 1. The molecule has 0 amide bonds. The topological polar surface area (TPSA) is 72.9 Å². The lowest BCUT2D eigenvalue weighted by atomic mass is 9.85. The summed E-state index contributed by atoms with van der Waals surface area (Å²) >= 11 is 5.31. The summed E-state index contributed by atoms with van der Waals surface area (Å²) in [4.78, 5) is 2.58. The van der Waals surface area contributed by atoms with E-state index >= 15 is 0 Å². The number of anilines is 1. The van der Waals surface area contributed by atoms with Gasteiger partial charge in [0.2, 0.25) is 10.0 Å². The molecular formula is C25H32F3N3O3S2. The van der Waals surface area contributed by atoms with Crippen molar-refractivity contribution in [3.8, 4) is 0 Å². The van der Waals surface area contributed by atoms with Crippen molar-refractivity contribution in [2.24, 2.45) is 5.92 Å². The summed E-state index contributed by atoms with van der Waals surface area (Å²) in [6.07, 6.45) is 4.28. The zero-order valence-corrected chi connectivity index (χ0v) is 21.8. The monoisotopic (exact) mass is 543 g/mol. The molecule has 1 heterocycles. The summed E-state index contributed by atoms with van der Waals surface area (Å²) in [6, 6.07) is 5.45. The predicted molar refractivity (Wildman–Crippen MR) is 138 cm³/mol. The number of halogens is 3. The van der Waals surface area contributed by atoms with Crippen LogP contribution in [0.2, 0.25) is 0 Å². The van der Waals surface area contributed by atoms with Crippen LogP contribution in [0.1, 0.15) is 38.2 Å². The molecule has 2 atom stereocenters. The fourth-order valence-corrected chi connectivity index (χ4v) is 6.82. The number of piperazine rings is 1. The molecule has 2 fully saturated rings. The van der Waals surface area contributed by atoms with E-state index in [1.54, 1.807) is 24.3 Å². The molecule has 0 aromatic heterocycles. The van der Waals surface area contributed by atoms with E-state index in [0.29, 0.717) is 36.0 Å². The van der Waals surface area contributed by atoms with Crippen LogP contribution >= 0.6 is 12.2 Å². The number of thiocarbonyl (C=S) groups is 1. The molecule has 6 nitrogen and oxygen atoms in total. The molecule has 1 saturated carbocycles. The molecule has 1 aromatic carbocycles. The van der Waals surface area contributed by atoms with E-state index in [2.05, 4.69) is 5.32 Å². The van der Waals surface area contributed by atoms with E-state index in [1.165, 1.54) is 35.7 Å². The van der Waals surface area contributed by atoms with E-state index in [0.717, 1.165) is 13.5 Å². The number of hydrogen-bond donors (Lipinski definition) is 2. The van der Waals surface area contributed by atoms with Crippen molar-refractivity contribution >= 4 is 32.8 Å². The van der Waals surface area contributed by atoms with Crippen LogP contribution in [0.25, 0.3) is 0 Å². The van der Waals surface area contributed by atoms with Crippen molar-refractivity contribution in [1.29, 1.82) is 0 Å². The lowest BCUT2D eigenvalue weighted by molar-refractivity contribution is -0.258. The Kier molecular flexibility index (Phi) is 7.97. The number of allylic oxidation sites excluding steroid dienone is 4. The maximum absolute atomic E-state index is 13.4. The second kappa shape index (κ2) is 10.5. The highest BCUT2D eigenvalue weighted by Crippen LogP contribution is 2.39. The van der Waals surface area contributed by atoms with Gasteiger partial charge in [0.05, 0.1) is 10.9 Å². The number of benzene rings is 1. The van der Waals surface area contributed by atoms with Crippen LogP contribution in [-0.2, 0) is 15.6 Å². The molecule has 0 bridgehead atoms. The minimum Gasteiger partial charge on any atom is -0.376 e. The van der Waals surface area contributed by atoms with Crippen molar-refractivity contribution in [1.82, 2.24) is 9.62 Å². The van der Waals surface area contributed by atoms with Gasteiger partial charge >= 0.3 is 6.18 Å².